The van der Waals surface area contributed by atoms with Crippen molar-refractivity contribution in [3.05, 3.63) is 76.8 Å². The third-order valence-electron chi connectivity index (χ3n) is 2.89. The van der Waals surface area contributed by atoms with Crippen LogP contribution in [0.25, 0.3) is 10.9 Å². The maximum absolute atomic E-state index is 12.4. The lowest BCUT2D eigenvalue weighted by molar-refractivity contribution is 0.0956. The molecule has 0 radical (unpaired) electrons. The van der Waals surface area contributed by atoms with E-state index in [0.717, 1.165) is 9.95 Å². The zero-order valence-electron chi connectivity index (χ0n) is 9.98. The number of benzene rings is 1. The maximum atomic E-state index is 12.4. The van der Waals surface area contributed by atoms with Crippen LogP contribution in [0, 0.1) is 0 Å². The van der Waals surface area contributed by atoms with Crippen molar-refractivity contribution in [3.8, 4) is 0 Å². The average Bonchev–Trinajstić information content (AvgIpc) is 2.47. The lowest BCUT2D eigenvalue weighted by Crippen LogP contribution is -2.27. The van der Waals surface area contributed by atoms with Gasteiger partial charge in [0.05, 0.1) is 5.52 Å². The smallest absolute Gasteiger partial charge is 0.269 e. The summed E-state index contributed by atoms with van der Waals surface area (Å²) in [5.41, 5.74) is 0.487. The Kier molecular flexibility index (Phi) is 2.68. The molecule has 0 aliphatic heterocycles. The Morgan fingerprint density at radius 3 is 2.53 bits per heavy atom. The van der Waals surface area contributed by atoms with Crippen LogP contribution in [0.5, 0.6) is 0 Å². The summed E-state index contributed by atoms with van der Waals surface area (Å²) < 4.78 is 1.15. The van der Waals surface area contributed by atoms with Gasteiger partial charge in [0, 0.05) is 12.3 Å². The van der Waals surface area contributed by atoms with E-state index >= 15 is 0 Å². The highest BCUT2D eigenvalue weighted by Gasteiger charge is 2.13. The number of hydrogen-bond acceptors (Lipinski definition) is 3. The third-order valence-corrected chi connectivity index (χ3v) is 2.89. The molecule has 0 amide bonds. The number of fused-ring (bicyclic) bond motifs is 1. The first-order valence-corrected chi connectivity index (χ1v) is 5.84. The quantitative estimate of drug-likeness (QED) is 0.664. The van der Waals surface area contributed by atoms with E-state index in [1.807, 2.05) is 12.1 Å². The minimum absolute atomic E-state index is 0.251. The third kappa shape index (κ3) is 1.93. The summed E-state index contributed by atoms with van der Waals surface area (Å²) in [5, 5.41) is 0.839. The lowest BCUT2D eigenvalue weighted by atomic mass is 10.2. The molecule has 4 heteroatoms. The molecule has 4 nitrogen and oxygen atoms in total. The van der Waals surface area contributed by atoms with E-state index in [4.69, 9.17) is 0 Å². The van der Waals surface area contributed by atoms with Crippen LogP contribution in [-0.4, -0.2) is 15.5 Å². The Bertz CT molecular complexity index is 807. The molecule has 1 aromatic carbocycles. The van der Waals surface area contributed by atoms with Gasteiger partial charge in [-0.1, -0.05) is 24.3 Å². The van der Waals surface area contributed by atoms with Crippen LogP contribution < -0.4 is 5.56 Å². The van der Waals surface area contributed by atoms with Crippen molar-refractivity contribution in [2.75, 3.05) is 0 Å². The molecule has 3 aromatic rings. The molecule has 0 saturated heterocycles. The number of rotatable bonds is 1. The van der Waals surface area contributed by atoms with Gasteiger partial charge < -0.3 is 0 Å². The Morgan fingerprint density at radius 1 is 0.947 bits per heavy atom. The first kappa shape index (κ1) is 11.3. The number of carbonyl (C=O) groups is 1. The van der Waals surface area contributed by atoms with Gasteiger partial charge in [0.1, 0.15) is 5.69 Å². The average molecular weight is 250 g/mol. The number of nitrogens with zero attached hydrogens (tertiary/aromatic N) is 2. The van der Waals surface area contributed by atoms with Crippen LogP contribution in [-0.2, 0) is 0 Å². The van der Waals surface area contributed by atoms with Gasteiger partial charge in [-0.05, 0) is 29.7 Å². The molecule has 0 fully saturated rings. The number of para-hydroxylation sites is 1. The second-order valence-corrected chi connectivity index (χ2v) is 4.09. The summed E-state index contributed by atoms with van der Waals surface area (Å²) in [6, 6.07) is 15.4. The standard InChI is InChI=1S/C15H10N2O2/c18-14-9-8-11-5-1-2-7-13(11)17(14)15(19)12-6-3-4-10-16-12/h1-10H. The van der Waals surface area contributed by atoms with Gasteiger partial charge in [-0.25, -0.2) is 4.57 Å². The van der Waals surface area contributed by atoms with Gasteiger partial charge in [-0.3, -0.25) is 14.6 Å². The summed E-state index contributed by atoms with van der Waals surface area (Å²) in [6.45, 7) is 0. The van der Waals surface area contributed by atoms with Gasteiger partial charge in [0.2, 0.25) is 0 Å². The Hall–Kier alpha value is -2.75. The minimum Gasteiger partial charge on any atom is -0.269 e. The highest BCUT2D eigenvalue weighted by molar-refractivity contribution is 5.99. The van der Waals surface area contributed by atoms with Crippen LogP contribution in [0.1, 0.15) is 10.5 Å². The van der Waals surface area contributed by atoms with Crippen molar-refractivity contribution >= 4 is 16.8 Å². The van der Waals surface area contributed by atoms with Crippen molar-refractivity contribution < 1.29 is 4.79 Å². The van der Waals surface area contributed by atoms with Crippen molar-refractivity contribution in [1.29, 1.82) is 0 Å². The van der Waals surface area contributed by atoms with E-state index in [1.165, 1.54) is 12.3 Å². The first-order chi connectivity index (χ1) is 9.27. The molecular formula is C15H10N2O2. The Morgan fingerprint density at radius 2 is 1.74 bits per heavy atom. The number of aromatic nitrogens is 2. The molecule has 0 bridgehead atoms. The number of hydrogen-bond donors (Lipinski definition) is 0. The highest BCUT2D eigenvalue weighted by atomic mass is 16.2. The molecule has 0 atom stereocenters. The molecule has 3 rings (SSSR count). The molecule has 0 unspecified atom stereocenters. The molecule has 2 heterocycles. The summed E-state index contributed by atoms with van der Waals surface area (Å²) in [5.74, 6) is -0.414. The van der Waals surface area contributed by atoms with Crippen molar-refractivity contribution in [3.63, 3.8) is 0 Å². The number of carbonyl (C=O) groups excluding carboxylic acids is 1. The predicted octanol–water partition coefficient (Wildman–Crippen LogP) is 2.08. The topological polar surface area (TPSA) is 52.0 Å². The largest absolute Gasteiger partial charge is 0.283 e. The van der Waals surface area contributed by atoms with E-state index < -0.39 is 5.91 Å². The predicted molar refractivity (Wildman–Crippen MR) is 72.2 cm³/mol. The van der Waals surface area contributed by atoms with Gasteiger partial charge >= 0.3 is 0 Å². The molecule has 92 valence electrons. The second kappa shape index (κ2) is 4.49. The van der Waals surface area contributed by atoms with E-state index in [9.17, 15) is 9.59 Å². The van der Waals surface area contributed by atoms with Gasteiger partial charge in [0.25, 0.3) is 11.5 Å². The van der Waals surface area contributed by atoms with Crippen molar-refractivity contribution in [2.45, 2.75) is 0 Å². The lowest BCUT2D eigenvalue weighted by Gasteiger charge is -2.07. The van der Waals surface area contributed by atoms with Crippen LogP contribution in [0.4, 0.5) is 0 Å². The second-order valence-electron chi connectivity index (χ2n) is 4.09. The molecule has 0 saturated carbocycles. The van der Waals surface area contributed by atoms with Crippen molar-refractivity contribution in [2.24, 2.45) is 0 Å². The fraction of sp³-hybridized carbons (Fsp3) is 0. The number of pyridine rings is 2. The minimum atomic E-state index is -0.414. The molecule has 0 N–H and O–H groups in total. The normalized spacial score (nSPS) is 10.5. The monoisotopic (exact) mass is 250 g/mol. The SMILES string of the molecule is O=C(c1ccccn1)n1c(=O)ccc2ccccc21. The van der Waals surface area contributed by atoms with Gasteiger partial charge in [-0.15, -0.1) is 0 Å². The summed E-state index contributed by atoms with van der Waals surface area (Å²) in [6.07, 6.45) is 1.53. The van der Waals surface area contributed by atoms with E-state index in [1.54, 1.807) is 36.4 Å². The van der Waals surface area contributed by atoms with Crippen molar-refractivity contribution in [1.82, 2.24) is 9.55 Å². The molecule has 19 heavy (non-hydrogen) atoms. The summed E-state index contributed by atoms with van der Waals surface area (Å²) in [4.78, 5) is 28.3. The molecule has 0 aliphatic rings. The zero-order chi connectivity index (χ0) is 13.2. The fourth-order valence-electron chi connectivity index (χ4n) is 2.00. The zero-order valence-corrected chi connectivity index (χ0v) is 9.98. The summed E-state index contributed by atoms with van der Waals surface area (Å²) in [7, 11) is 0. The van der Waals surface area contributed by atoms with Crippen LogP contribution >= 0.6 is 0 Å². The Labute approximate surface area is 109 Å². The van der Waals surface area contributed by atoms with E-state index in [-0.39, 0.29) is 11.3 Å². The maximum Gasteiger partial charge on any atom is 0.283 e. The molecular weight excluding hydrogens is 240 g/mol. The van der Waals surface area contributed by atoms with Gasteiger partial charge in [0.15, 0.2) is 0 Å². The van der Waals surface area contributed by atoms with E-state index in [0.29, 0.717) is 5.52 Å². The molecule has 0 aliphatic carbocycles. The van der Waals surface area contributed by atoms with Crippen LogP contribution in [0.3, 0.4) is 0 Å². The molecule has 0 spiro atoms. The molecule has 2 aromatic heterocycles. The Balaban J connectivity index is 2.28. The van der Waals surface area contributed by atoms with Gasteiger partial charge in [-0.2, -0.15) is 0 Å². The summed E-state index contributed by atoms with van der Waals surface area (Å²) >= 11 is 0. The fourth-order valence-corrected chi connectivity index (χ4v) is 2.00. The first-order valence-electron chi connectivity index (χ1n) is 5.84. The van der Waals surface area contributed by atoms with Crippen LogP contribution in [0.15, 0.2) is 65.6 Å². The van der Waals surface area contributed by atoms with E-state index in [2.05, 4.69) is 4.98 Å². The van der Waals surface area contributed by atoms with Crippen LogP contribution in [0.2, 0.25) is 0 Å². The highest BCUT2D eigenvalue weighted by Crippen LogP contribution is 2.12.